The molecule has 216 valence electrons. The minimum absolute atomic E-state index is 0.0477. The zero-order valence-corrected chi connectivity index (χ0v) is 25.3. The van der Waals surface area contributed by atoms with Crippen LogP contribution >= 0.6 is 0 Å². The van der Waals surface area contributed by atoms with Crippen molar-refractivity contribution in [3.63, 3.8) is 0 Å². The fourth-order valence-corrected chi connectivity index (χ4v) is 7.68. The molecule has 2 heterocycles. The second kappa shape index (κ2) is 10.1. The van der Waals surface area contributed by atoms with Crippen LogP contribution in [-0.2, 0) is 31.4 Å². The number of carbonyl (C=O) groups excluding carboxylic acids is 2. The largest absolute Gasteiger partial charge is 0.392 e. The molecule has 0 radical (unpaired) electrons. The molecule has 3 aromatic rings. The van der Waals surface area contributed by atoms with Crippen LogP contribution in [0.3, 0.4) is 0 Å². The van der Waals surface area contributed by atoms with Crippen molar-refractivity contribution in [2.24, 2.45) is 11.3 Å². The average molecular weight is 575 g/mol. The summed E-state index contributed by atoms with van der Waals surface area (Å²) in [6, 6.07) is 20.0. The zero-order valence-electron chi connectivity index (χ0n) is 24.5. The van der Waals surface area contributed by atoms with E-state index in [1.54, 1.807) is 23.1 Å². The van der Waals surface area contributed by atoms with Gasteiger partial charge in [-0.2, -0.15) is 0 Å². The summed E-state index contributed by atoms with van der Waals surface area (Å²) in [5, 5.41) is 9.68. The number of hydrogen-bond acceptors (Lipinski definition) is 5. The fraction of sp³-hybridized carbons (Fsp3) is 0.394. The first-order valence-corrected chi connectivity index (χ1v) is 15.9. The lowest BCUT2D eigenvalue weighted by molar-refractivity contribution is -0.142. The Bertz CT molecular complexity index is 1640. The standard InChI is InChI=1S/C33H38N2O5S/c1-21(2)29-33(16-17-34(29)30(37)32(3,4)5)26-12-7-8-13-27(26)35(31(33)38)25-11-9-10-22(18-25)23-14-15-24(20-36)28(19-23)41(6,39)40/h7-15,18-19,21,29,36H,16-17,20H2,1-6H3/t29?,33-/m0/s1. The highest BCUT2D eigenvalue weighted by molar-refractivity contribution is 7.90. The molecule has 0 aliphatic carbocycles. The van der Waals surface area contributed by atoms with Gasteiger partial charge >= 0.3 is 0 Å². The van der Waals surface area contributed by atoms with Gasteiger partial charge < -0.3 is 10.0 Å². The summed E-state index contributed by atoms with van der Waals surface area (Å²) in [7, 11) is -3.56. The summed E-state index contributed by atoms with van der Waals surface area (Å²) >= 11 is 0. The number of amides is 2. The van der Waals surface area contributed by atoms with Gasteiger partial charge in [-0.1, -0.05) is 77.1 Å². The van der Waals surface area contributed by atoms with E-state index < -0.39 is 20.7 Å². The Kier molecular flexibility index (Phi) is 7.15. The third-order valence-electron chi connectivity index (χ3n) is 8.41. The van der Waals surface area contributed by atoms with Gasteiger partial charge in [-0.05, 0) is 58.9 Å². The number of benzene rings is 3. The van der Waals surface area contributed by atoms with Crippen LogP contribution in [0.5, 0.6) is 0 Å². The number of nitrogens with zero attached hydrogens (tertiary/aromatic N) is 2. The summed E-state index contributed by atoms with van der Waals surface area (Å²) in [6.07, 6.45) is 1.67. The Labute approximate surface area is 242 Å². The van der Waals surface area contributed by atoms with Gasteiger partial charge in [0.25, 0.3) is 0 Å². The number of para-hydroxylation sites is 1. The maximum Gasteiger partial charge on any atom is 0.244 e. The second-order valence-electron chi connectivity index (χ2n) is 12.6. The number of aliphatic hydroxyl groups is 1. The number of anilines is 2. The Balaban J connectivity index is 1.63. The monoisotopic (exact) mass is 574 g/mol. The van der Waals surface area contributed by atoms with E-state index in [0.717, 1.165) is 23.1 Å². The molecule has 0 saturated carbocycles. The van der Waals surface area contributed by atoms with Crippen LogP contribution in [0, 0.1) is 11.3 Å². The van der Waals surface area contributed by atoms with Crippen molar-refractivity contribution < 1.29 is 23.1 Å². The second-order valence-corrected chi connectivity index (χ2v) is 14.6. The van der Waals surface area contributed by atoms with Gasteiger partial charge in [0.15, 0.2) is 9.84 Å². The number of rotatable bonds is 5. The highest BCUT2D eigenvalue weighted by Gasteiger charge is 2.62. The third kappa shape index (κ3) is 4.67. The topological polar surface area (TPSA) is 95.0 Å². The summed E-state index contributed by atoms with van der Waals surface area (Å²) in [6.45, 7) is 10.0. The Morgan fingerprint density at radius 3 is 2.34 bits per heavy atom. The maximum absolute atomic E-state index is 14.7. The summed E-state index contributed by atoms with van der Waals surface area (Å²) in [5.41, 5.74) is 2.74. The van der Waals surface area contributed by atoms with Gasteiger partial charge in [-0.25, -0.2) is 8.42 Å². The van der Waals surface area contributed by atoms with Gasteiger partial charge in [0, 0.05) is 23.9 Å². The number of carbonyl (C=O) groups is 2. The molecule has 2 amide bonds. The first-order valence-electron chi connectivity index (χ1n) is 14.0. The highest BCUT2D eigenvalue weighted by atomic mass is 32.2. The predicted octanol–water partition coefficient (Wildman–Crippen LogP) is 5.47. The molecule has 1 spiro atoms. The van der Waals surface area contributed by atoms with E-state index in [0.29, 0.717) is 29.8 Å². The molecule has 1 fully saturated rings. The summed E-state index contributed by atoms with van der Waals surface area (Å²) < 4.78 is 24.9. The minimum Gasteiger partial charge on any atom is -0.392 e. The molecule has 2 aliphatic heterocycles. The van der Waals surface area contributed by atoms with E-state index in [2.05, 4.69) is 13.8 Å². The van der Waals surface area contributed by atoms with Crippen LogP contribution < -0.4 is 4.90 Å². The molecular weight excluding hydrogens is 536 g/mol. The van der Waals surface area contributed by atoms with Crippen molar-refractivity contribution in [1.82, 2.24) is 4.90 Å². The lowest BCUT2D eigenvalue weighted by Gasteiger charge is -2.39. The smallest absolute Gasteiger partial charge is 0.244 e. The fourth-order valence-electron chi connectivity index (χ4n) is 6.73. The molecule has 5 rings (SSSR count). The van der Waals surface area contributed by atoms with Crippen molar-refractivity contribution in [1.29, 1.82) is 0 Å². The molecule has 1 saturated heterocycles. The lowest BCUT2D eigenvalue weighted by Crippen LogP contribution is -2.54. The zero-order chi connectivity index (χ0) is 29.9. The minimum atomic E-state index is -3.56. The Hall–Kier alpha value is -3.49. The van der Waals surface area contributed by atoms with E-state index in [1.807, 2.05) is 74.2 Å². The molecule has 7 nitrogen and oxygen atoms in total. The van der Waals surface area contributed by atoms with E-state index >= 15 is 0 Å². The summed E-state index contributed by atoms with van der Waals surface area (Å²) in [4.78, 5) is 32.1. The lowest BCUT2D eigenvalue weighted by atomic mass is 9.71. The van der Waals surface area contributed by atoms with Crippen molar-refractivity contribution in [3.8, 4) is 11.1 Å². The third-order valence-corrected chi connectivity index (χ3v) is 9.59. The van der Waals surface area contributed by atoms with Crippen LogP contribution in [-0.4, -0.2) is 49.1 Å². The van der Waals surface area contributed by atoms with Crippen LogP contribution in [0.4, 0.5) is 11.4 Å². The van der Waals surface area contributed by atoms with E-state index in [9.17, 15) is 23.1 Å². The molecule has 3 aromatic carbocycles. The molecule has 0 aromatic heterocycles. The van der Waals surface area contributed by atoms with E-state index in [1.165, 1.54) is 0 Å². The van der Waals surface area contributed by atoms with Gasteiger partial charge in [0.2, 0.25) is 11.8 Å². The number of aliphatic hydroxyl groups excluding tert-OH is 1. The van der Waals surface area contributed by atoms with Gasteiger partial charge in [0.05, 0.1) is 28.6 Å². The van der Waals surface area contributed by atoms with Crippen molar-refractivity contribution in [2.45, 2.75) is 64.0 Å². The number of likely N-dealkylation sites (tertiary alicyclic amines) is 1. The van der Waals surface area contributed by atoms with Gasteiger partial charge in [-0.15, -0.1) is 0 Å². The van der Waals surface area contributed by atoms with Crippen LogP contribution in [0.2, 0.25) is 0 Å². The molecule has 2 aliphatic rings. The van der Waals surface area contributed by atoms with Crippen molar-refractivity contribution >= 4 is 33.0 Å². The number of sulfone groups is 1. The molecule has 1 unspecified atom stereocenters. The van der Waals surface area contributed by atoms with Gasteiger partial charge in [-0.3, -0.25) is 14.5 Å². The quantitative estimate of drug-likeness (QED) is 0.436. The molecule has 0 bridgehead atoms. The number of hydrogen-bond donors (Lipinski definition) is 1. The first-order chi connectivity index (χ1) is 19.2. The molecule has 8 heteroatoms. The van der Waals surface area contributed by atoms with Crippen LogP contribution in [0.15, 0.2) is 71.6 Å². The Morgan fingerprint density at radius 1 is 1.02 bits per heavy atom. The van der Waals surface area contributed by atoms with Gasteiger partial charge in [0.1, 0.15) is 0 Å². The van der Waals surface area contributed by atoms with E-state index in [-0.39, 0.29) is 35.3 Å². The predicted molar refractivity (Wildman–Crippen MR) is 161 cm³/mol. The average Bonchev–Trinajstić information content (AvgIpc) is 3.44. The van der Waals surface area contributed by atoms with Crippen molar-refractivity contribution in [3.05, 3.63) is 77.9 Å². The van der Waals surface area contributed by atoms with Crippen LogP contribution in [0.1, 0.15) is 52.2 Å². The van der Waals surface area contributed by atoms with Crippen molar-refractivity contribution in [2.75, 3.05) is 17.7 Å². The Morgan fingerprint density at radius 2 is 1.71 bits per heavy atom. The highest BCUT2D eigenvalue weighted by Crippen LogP contribution is 2.55. The van der Waals surface area contributed by atoms with E-state index in [4.69, 9.17) is 0 Å². The molecule has 41 heavy (non-hydrogen) atoms. The molecule has 1 N–H and O–H groups in total. The SMILES string of the molecule is CC(C)C1N(C(=O)C(C)(C)C)CC[C@@]12C(=O)N(c1cccc(-c3ccc(CO)c(S(C)(=O)=O)c3)c1)c1ccccc12. The first kappa shape index (κ1) is 29.0. The molecule has 2 atom stereocenters. The normalized spacial score (nSPS) is 20.8. The number of fused-ring (bicyclic) bond motifs is 2. The molecular formula is C33H38N2O5S. The van der Waals surface area contributed by atoms with Crippen LogP contribution in [0.25, 0.3) is 11.1 Å². The maximum atomic E-state index is 14.7. The summed E-state index contributed by atoms with van der Waals surface area (Å²) in [5.74, 6) is 0.0459.